The highest BCUT2D eigenvalue weighted by Crippen LogP contribution is 2.09. The number of hydrogen-bond acceptors (Lipinski definition) is 5. The van der Waals surface area contributed by atoms with Gasteiger partial charge in [-0.05, 0) is 6.92 Å². The summed E-state index contributed by atoms with van der Waals surface area (Å²) in [5.41, 5.74) is 2.29. The summed E-state index contributed by atoms with van der Waals surface area (Å²) >= 11 is 1.65. The van der Waals surface area contributed by atoms with E-state index in [2.05, 4.69) is 21.6 Å². The van der Waals surface area contributed by atoms with Crippen molar-refractivity contribution in [2.75, 3.05) is 20.3 Å². The summed E-state index contributed by atoms with van der Waals surface area (Å²) in [6.07, 6.45) is 3.90. The number of ether oxygens (including phenoxy) is 1. The third-order valence-electron chi connectivity index (χ3n) is 2.63. The van der Waals surface area contributed by atoms with Gasteiger partial charge in [-0.1, -0.05) is 0 Å². The molecule has 0 spiro atoms. The maximum absolute atomic E-state index is 5.00. The van der Waals surface area contributed by atoms with E-state index in [0.29, 0.717) is 0 Å². The van der Waals surface area contributed by atoms with Gasteiger partial charge in [0.1, 0.15) is 5.01 Å². The first-order chi connectivity index (χ1) is 8.79. The lowest BCUT2D eigenvalue weighted by molar-refractivity contribution is 0.199. The van der Waals surface area contributed by atoms with Crippen LogP contribution in [0.1, 0.15) is 16.3 Å². The first-order valence-corrected chi connectivity index (χ1v) is 6.78. The Kier molecular flexibility index (Phi) is 4.86. The second-order valence-corrected chi connectivity index (χ2v) is 5.01. The molecule has 0 aliphatic heterocycles. The molecular formula is C12H18N4OS. The highest BCUT2D eigenvalue weighted by molar-refractivity contribution is 7.09. The van der Waals surface area contributed by atoms with E-state index in [1.54, 1.807) is 18.4 Å². The summed E-state index contributed by atoms with van der Waals surface area (Å²) < 4.78 is 6.94. The van der Waals surface area contributed by atoms with Crippen LogP contribution in [0.4, 0.5) is 0 Å². The number of aryl methyl sites for hydroxylation is 1. The zero-order valence-electron chi connectivity index (χ0n) is 10.7. The molecule has 1 N–H and O–H groups in total. The lowest BCUT2D eigenvalue weighted by Crippen LogP contribution is -2.18. The average Bonchev–Trinajstić information content (AvgIpc) is 2.96. The number of nitrogens with zero attached hydrogens (tertiary/aromatic N) is 3. The van der Waals surface area contributed by atoms with Gasteiger partial charge in [0.15, 0.2) is 0 Å². The molecule has 5 nitrogen and oxygen atoms in total. The molecule has 18 heavy (non-hydrogen) atoms. The third-order valence-corrected chi connectivity index (χ3v) is 3.39. The zero-order chi connectivity index (χ0) is 12.8. The number of nitrogens with one attached hydrogen (secondary N) is 1. The van der Waals surface area contributed by atoms with E-state index in [1.165, 1.54) is 5.56 Å². The molecule has 2 rings (SSSR count). The minimum Gasteiger partial charge on any atom is -0.383 e. The molecule has 2 aromatic rings. The number of hydrogen-bond donors (Lipinski definition) is 1. The zero-order valence-corrected chi connectivity index (χ0v) is 11.5. The molecule has 0 bridgehead atoms. The minimum absolute atomic E-state index is 0.728. The lowest BCUT2D eigenvalue weighted by Gasteiger charge is -2.02. The van der Waals surface area contributed by atoms with Crippen molar-refractivity contribution in [3.05, 3.63) is 34.0 Å². The van der Waals surface area contributed by atoms with Gasteiger partial charge in [-0.25, -0.2) is 4.98 Å². The van der Waals surface area contributed by atoms with Crippen molar-refractivity contribution >= 4 is 11.3 Å². The van der Waals surface area contributed by atoms with Crippen LogP contribution in [-0.2, 0) is 17.8 Å². The number of aromatic nitrogens is 3. The highest BCUT2D eigenvalue weighted by Gasteiger charge is 2.05. The summed E-state index contributed by atoms with van der Waals surface area (Å²) in [7, 11) is 1.71. The molecule has 0 unspecified atom stereocenters. The maximum Gasteiger partial charge on any atom is 0.114 e. The van der Waals surface area contributed by atoms with Crippen molar-refractivity contribution in [1.82, 2.24) is 20.1 Å². The van der Waals surface area contributed by atoms with E-state index in [-0.39, 0.29) is 0 Å². The van der Waals surface area contributed by atoms with E-state index < -0.39 is 0 Å². The van der Waals surface area contributed by atoms with Gasteiger partial charge < -0.3 is 10.1 Å². The summed E-state index contributed by atoms with van der Waals surface area (Å²) in [4.78, 5) is 4.26. The quantitative estimate of drug-likeness (QED) is 0.770. The van der Waals surface area contributed by atoms with Crippen molar-refractivity contribution < 1.29 is 4.74 Å². The standard InChI is InChI=1S/C12H18N4OS/c1-10-11(7-13-3-5-17-2)8-16(15-10)9-12-14-4-6-18-12/h4,6,8,13H,3,5,7,9H2,1-2H3. The van der Waals surface area contributed by atoms with Crippen molar-refractivity contribution in [3.63, 3.8) is 0 Å². The predicted molar refractivity (Wildman–Crippen MR) is 71.8 cm³/mol. The van der Waals surface area contributed by atoms with E-state index in [4.69, 9.17) is 4.74 Å². The molecular weight excluding hydrogens is 248 g/mol. The highest BCUT2D eigenvalue weighted by atomic mass is 32.1. The van der Waals surface area contributed by atoms with Gasteiger partial charge in [0.2, 0.25) is 0 Å². The molecule has 0 aliphatic rings. The summed E-state index contributed by atoms with van der Waals surface area (Å²) in [5, 5.41) is 10.9. The predicted octanol–water partition coefficient (Wildman–Crippen LogP) is 1.43. The normalized spacial score (nSPS) is 11.0. The van der Waals surface area contributed by atoms with Crippen LogP contribution in [0.2, 0.25) is 0 Å². The largest absolute Gasteiger partial charge is 0.383 e. The van der Waals surface area contributed by atoms with Crippen LogP contribution in [0.15, 0.2) is 17.8 Å². The Bertz CT molecular complexity index is 466. The Morgan fingerprint density at radius 3 is 3.11 bits per heavy atom. The van der Waals surface area contributed by atoms with Gasteiger partial charge >= 0.3 is 0 Å². The van der Waals surface area contributed by atoms with Crippen LogP contribution in [-0.4, -0.2) is 35.0 Å². The molecule has 0 aromatic carbocycles. The fourth-order valence-corrected chi connectivity index (χ4v) is 2.29. The van der Waals surface area contributed by atoms with Crippen molar-refractivity contribution in [3.8, 4) is 0 Å². The molecule has 0 amide bonds. The van der Waals surface area contributed by atoms with Gasteiger partial charge in [-0.2, -0.15) is 5.10 Å². The molecule has 0 fully saturated rings. The Morgan fingerprint density at radius 2 is 2.39 bits per heavy atom. The number of thiazole rings is 1. The fourth-order valence-electron chi connectivity index (χ4n) is 1.68. The second-order valence-electron chi connectivity index (χ2n) is 4.03. The molecule has 0 aliphatic carbocycles. The van der Waals surface area contributed by atoms with Crippen LogP contribution < -0.4 is 5.32 Å². The van der Waals surface area contributed by atoms with Crippen LogP contribution in [0.3, 0.4) is 0 Å². The SMILES string of the molecule is COCCNCc1cn(Cc2nccs2)nc1C. The summed E-state index contributed by atoms with van der Waals surface area (Å²) in [5.74, 6) is 0. The molecule has 2 aromatic heterocycles. The molecule has 2 heterocycles. The average molecular weight is 266 g/mol. The molecule has 0 radical (unpaired) electrons. The molecule has 6 heteroatoms. The van der Waals surface area contributed by atoms with Gasteiger partial charge in [0.25, 0.3) is 0 Å². The monoisotopic (exact) mass is 266 g/mol. The Hall–Kier alpha value is -1.24. The second kappa shape index (κ2) is 6.63. The van der Waals surface area contributed by atoms with Crippen molar-refractivity contribution in [1.29, 1.82) is 0 Å². The Balaban J connectivity index is 1.90. The van der Waals surface area contributed by atoms with Crippen LogP contribution in [0, 0.1) is 6.92 Å². The number of methoxy groups -OCH3 is 1. The summed E-state index contributed by atoms with van der Waals surface area (Å²) in [6, 6.07) is 0. The topological polar surface area (TPSA) is 52.0 Å². The first-order valence-electron chi connectivity index (χ1n) is 5.90. The third kappa shape index (κ3) is 3.63. The van der Waals surface area contributed by atoms with E-state index in [1.807, 2.05) is 23.2 Å². The van der Waals surface area contributed by atoms with Gasteiger partial charge in [-0.3, -0.25) is 4.68 Å². The molecule has 98 valence electrons. The van der Waals surface area contributed by atoms with Gasteiger partial charge in [0.05, 0.1) is 18.8 Å². The van der Waals surface area contributed by atoms with Crippen LogP contribution in [0.5, 0.6) is 0 Å². The Labute approximate surface area is 111 Å². The fraction of sp³-hybridized carbons (Fsp3) is 0.500. The van der Waals surface area contributed by atoms with Crippen molar-refractivity contribution in [2.24, 2.45) is 0 Å². The maximum atomic E-state index is 5.00. The van der Waals surface area contributed by atoms with E-state index >= 15 is 0 Å². The minimum atomic E-state index is 0.728. The van der Waals surface area contributed by atoms with E-state index in [0.717, 1.165) is 36.9 Å². The Morgan fingerprint density at radius 1 is 1.50 bits per heavy atom. The van der Waals surface area contributed by atoms with Crippen molar-refractivity contribution in [2.45, 2.75) is 20.0 Å². The summed E-state index contributed by atoms with van der Waals surface area (Å²) in [6.45, 7) is 5.19. The molecule has 0 atom stereocenters. The van der Waals surface area contributed by atoms with Crippen LogP contribution in [0.25, 0.3) is 0 Å². The number of rotatable bonds is 7. The van der Waals surface area contributed by atoms with E-state index in [9.17, 15) is 0 Å². The van der Waals surface area contributed by atoms with Gasteiger partial charge in [0, 0.05) is 43.5 Å². The smallest absolute Gasteiger partial charge is 0.114 e. The lowest BCUT2D eigenvalue weighted by atomic mass is 10.2. The first kappa shape index (κ1) is 13.2. The van der Waals surface area contributed by atoms with Gasteiger partial charge in [-0.15, -0.1) is 11.3 Å². The molecule has 0 saturated heterocycles. The van der Waals surface area contributed by atoms with Crippen LogP contribution >= 0.6 is 11.3 Å². The molecule has 0 saturated carbocycles.